The summed E-state index contributed by atoms with van der Waals surface area (Å²) in [6, 6.07) is 0. The number of rotatable bonds is 1. The first-order chi connectivity index (χ1) is 4.63. The van der Waals surface area contributed by atoms with Crippen LogP contribution in [0.2, 0.25) is 0 Å². The van der Waals surface area contributed by atoms with Crippen LogP contribution >= 0.6 is 0 Å². The Kier molecular flexibility index (Phi) is 1.79. The molecule has 0 saturated carbocycles. The minimum Gasteiger partial charge on any atom is -0.465 e. The van der Waals surface area contributed by atoms with Gasteiger partial charge in [0, 0.05) is 5.92 Å². The second-order valence-electron chi connectivity index (χ2n) is 2.87. The van der Waals surface area contributed by atoms with Crippen LogP contribution in [0.1, 0.15) is 13.8 Å². The van der Waals surface area contributed by atoms with Crippen molar-refractivity contribution in [3.63, 3.8) is 0 Å². The highest BCUT2D eigenvalue weighted by molar-refractivity contribution is 5.74. The second-order valence-corrected chi connectivity index (χ2v) is 2.87. The summed E-state index contributed by atoms with van der Waals surface area (Å²) in [6.45, 7) is 8.13. The molecule has 0 spiro atoms. The fourth-order valence-corrected chi connectivity index (χ4v) is 1.18. The van der Waals surface area contributed by atoms with E-state index in [9.17, 15) is 4.79 Å². The summed E-state index contributed by atoms with van der Waals surface area (Å²) in [6.07, 6.45) is 0. The van der Waals surface area contributed by atoms with E-state index in [4.69, 9.17) is 4.74 Å². The van der Waals surface area contributed by atoms with Crippen LogP contribution in [0.15, 0.2) is 12.2 Å². The number of carbonyl (C=O) groups is 1. The van der Waals surface area contributed by atoms with E-state index in [1.807, 2.05) is 13.8 Å². The van der Waals surface area contributed by atoms with Crippen molar-refractivity contribution in [1.82, 2.24) is 0 Å². The summed E-state index contributed by atoms with van der Waals surface area (Å²) in [5, 5.41) is 0. The molecule has 1 rings (SSSR count). The van der Waals surface area contributed by atoms with Gasteiger partial charge >= 0.3 is 5.97 Å². The number of hydrogen-bond acceptors (Lipinski definition) is 2. The molecule has 0 aliphatic carbocycles. The monoisotopic (exact) mass is 140 g/mol. The highest BCUT2D eigenvalue weighted by atomic mass is 16.5. The van der Waals surface area contributed by atoms with Gasteiger partial charge in [-0.15, -0.1) is 0 Å². The molecular formula is C8H12O2. The highest BCUT2D eigenvalue weighted by Crippen LogP contribution is 2.26. The molecule has 0 bridgehead atoms. The Labute approximate surface area is 60.9 Å². The molecule has 10 heavy (non-hydrogen) atoms. The lowest BCUT2D eigenvalue weighted by Crippen LogP contribution is -2.12. The average Bonchev–Trinajstić information content (AvgIpc) is 2.14. The predicted molar refractivity (Wildman–Crippen MR) is 38.4 cm³/mol. The fraction of sp³-hybridized carbons (Fsp3) is 0.625. The molecule has 0 amide bonds. The Hall–Kier alpha value is -0.790. The van der Waals surface area contributed by atoms with Crippen molar-refractivity contribution in [1.29, 1.82) is 0 Å². The van der Waals surface area contributed by atoms with E-state index in [0.717, 1.165) is 5.57 Å². The van der Waals surface area contributed by atoms with E-state index in [-0.39, 0.29) is 17.8 Å². The van der Waals surface area contributed by atoms with Crippen LogP contribution in [0.3, 0.4) is 0 Å². The average molecular weight is 140 g/mol. The third kappa shape index (κ3) is 1.06. The van der Waals surface area contributed by atoms with E-state index in [1.54, 1.807) is 0 Å². The standard InChI is InChI=1S/C8H12O2/c1-5(2)7-4-10-8(9)6(7)3/h6-7H,1,4H2,2-3H3/t6-,7+/m0/s1. The van der Waals surface area contributed by atoms with Gasteiger partial charge in [-0.05, 0) is 6.92 Å². The van der Waals surface area contributed by atoms with Gasteiger partial charge < -0.3 is 4.74 Å². The zero-order chi connectivity index (χ0) is 7.72. The quantitative estimate of drug-likeness (QED) is 0.406. The third-order valence-electron chi connectivity index (χ3n) is 2.01. The van der Waals surface area contributed by atoms with Gasteiger partial charge in [0.25, 0.3) is 0 Å². The first kappa shape index (κ1) is 7.32. The smallest absolute Gasteiger partial charge is 0.309 e. The van der Waals surface area contributed by atoms with Gasteiger partial charge in [0.05, 0.1) is 12.5 Å². The lowest BCUT2D eigenvalue weighted by Gasteiger charge is -2.08. The topological polar surface area (TPSA) is 26.3 Å². The van der Waals surface area contributed by atoms with Crippen molar-refractivity contribution < 1.29 is 9.53 Å². The fourth-order valence-electron chi connectivity index (χ4n) is 1.18. The molecule has 0 unspecified atom stereocenters. The highest BCUT2D eigenvalue weighted by Gasteiger charge is 2.32. The first-order valence-electron chi connectivity index (χ1n) is 3.45. The van der Waals surface area contributed by atoms with Crippen LogP contribution in [0.5, 0.6) is 0 Å². The molecule has 1 aliphatic rings. The molecular weight excluding hydrogens is 128 g/mol. The Morgan fingerprint density at radius 1 is 1.80 bits per heavy atom. The maximum Gasteiger partial charge on any atom is 0.309 e. The van der Waals surface area contributed by atoms with Crippen molar-refractivity contribution in [3.8, 4) is 0 Å². The van der Waals surface area contributed by atoms with E-state index >= 15 is 0 Å². The molecule has 2 heteroatoms. The van der Waals surface area contributed by atoms with Crippen LogP contribution in [0, 0.1) is 11.8 Å². The largest absolute Gasteiger partial charge is 0.465 e. The lowest BCUT2D eigenvalue weighted by molar-refractivity contribution is -0.140. The van der Waals surface area contributed by atoms with E-state index < -0.39 is 0 Å². The van der Waals surface area contributed by atoms with Crippen molar-refractivity contribution in [2.75, 3.05) is 6.61 Å². The zero-order valence-electron chi connectivity index (χ0n) is 6.39. The molecule has 0 aromatic rings. The van der Waals surface area contributed by atoms with Crippen molar-refractivity contribution in [2.45, 2.75) is 13.8 Å². The predicted octanol–water partition coefficient (Wildman–Crippen LogP) is 1.37. The van der Waals surface area contributed by atoms with E-state index in [0.29, 0.717) is 6.61 Å². The van der Waals surface area contributed by atoms with E-state index in [1.165, 1.54) is 0 Å². The molecule has 0 N–H and O–H groups in total. The summed E-state index contributed by atoms with van der Waals surface area (Å²) in [4.78, 5) is 10.8. The Morgan fingerprint density at radius 2 is 2.40 bits per heavy atom. The molecule has 56 valence electrons. The van der Waals surface area contributed by atoms with Crippen LogP contribution < -0.4 is 0 Å². The molecule has 1 aliphatic heterocycles. The summed E-state index contributed by atoms with van der Waals surface area (Å²) in [5.41, 5.74) is 1.04. The molecule has 1 fully saturated rings. The number of hydrogen-bond donors (Lipinski definition) is 0. The Bertz CT molecular complexity index is 172. The SMILES string of the molecule is C=C(C)[C@H]1COC(=O)[C@H]1C. The summed E-state index contributed by atoms with van der Waals surface area (Å²) < 4.78 is 4.84. The number of esters is 1. The normalized spacial score (nSPS) is 32.0. The van der Waals surface area contributed by atoms with Gasteiger partial charge in [-0.2, -0.15) is 0 Å². The number of carbonyl (C=O) groups excluding carboxylic acids is 1. The number of ether oxygens (including phenoxy) is 1. The minimum absolute atomic E-state index is 0.0116. The molecule has 2 atom stereocenters. The van der Waals surface area contributed by atoms with Gasteiger partial charge in [0.1, 0.15) is 0 Å². The minimum atomic E-state index is -0.0898. The van der Waals surface area contributed by atoms with Crippen molar-refractivity contribution in [3.05, 3.63) is 12.2 Å². The van der Waals surface area contributed by atoms with Crippen molar-refractivity contribution >= 4 is 5.97 Å². The zero-order valence-corrected chi connectivity index (χ0v) is 6.39. The first-order valence-corrected chi connectivity index (χ1v) is 3.45. The van der Waals surface area contributed by atoms with Crippen LogP contribution in [0.4, 0.5) is 0 Å². The van der Waals surface area contributed by atoms with Gasteiger partial charge in [-0.25, -0.2) is 0 Å². The van der Waals surface area contributed by atoms with Crippen LogP contribution in [-0.4, -0.2) is 12.6 Å². The summed E-state index contributed by atoms with van der Waals surface area (Å²) in [5.74, 6) is 0.165. The van der Waals surface area contributed by atoms with Crippen LogP contribution in [-0.2, 0) is 9.53 Å². The van der Waals surface area contributed by atoms with Crippen LogP contribution in [0.25, 0.3) is 0 Å². The van der Waals surface area contributed by atoms with Gasteiger partial charge in [-0.1, -0.05) is 19.1 Å². The van der Waals surface area contributed by atoms with Gasteiger partial charge in [0.2, 0.25) is 0 Å². The van der Waals surface area contributed by atoms with E-state index in [2.05, 4.69) is 6.58 Å². The molecule has 2 nitrogen and oxygen atoms in total. The molecule has 0 radical (unpaired) electrons. The van der Waals surface area contributed by atoms with Gasteiger partial charge in [0.15, 0.2) is 0 Å². The maximum absolute atomic E-state index is 10.8. The lowest BCUT2D eigenvalue weighted by atomic mass is 9.92. The van der Waals surface area contributed by atoms with Crippen molar-refractivity contribution in [2.24, 2.45) is 11.8 Å². The summed E-state index contributed by atoms with van der Waals surface area (Å²) >= 11 is 0. The maximum atomic E-state index is 10.8. The second kappa shape index (κ2) is 2.45. The third-order valence-corrected chi connectivity index (χ3v) is 2.01. The molecule has 0 aromatic carbocycles. The Balaban J connectivity index is 2.66. The van der Waals surface area contributed by atoms with Gasteiger partial charge in [-0.3, -0.25) is 4.79 Å². The molecule has 1 heterocycles. The molecule has 0 aromatic heterocycles. The Morgan fingerprint density at radius 3 is 2.60 bits per heavy atom. The number of cyclic esters (lactones) is 1. The summed E-state index contributed by atoms with van der Waals surface area (Å²) in [7, 11) is 0. The molecule has 1 saturated heterocycles.